The highest BCUT2D eigenvalue weighted by Gasteiger charge is 2.56. The van der Waals surface area contributed by atoms with Crippen LogP contribution < -0.4 is 10.6 Å². The Kier molecular flexibility index (Phi) is 11.4. The number of carboxylic acids is 1. The van der Waals surface area contributed by atoms with E-state index in [0.717, 1.165) is 0 Å². The highest BCUT2D eigenvalue weighted by Crippen LogP contribution is 2.34. The number of hydrogen-bond acceptors (Lipinski definition) is 10. The summed E-state index contributed by atoms with van der Waals surface area (Å²) < 4.78 is 15.8. The first-order valence-corrected chi connectivity index (χ1v) is 10.8. The number of alkyl carbamates (subject to hydrolysis) is 1. The number of rotatable bonds is 12. The number of hydrogen-bond donors (Lipinski definition) is 7. The molecule has 1 aliphatic rings. The molecule has 0 aliphatic carbocycles. The molecular weight excluding hydrogens is 444 g/mol. The van der Waals surface area contributed by atoms with Crippen molar-refractivity contribution in [3.05, 3.63) is 0 Å². The molecule has 0 aromatic carbocycles. The lowest BCUT2D eigenvalue weighted by Gasteiger charge is -2.47. The third-order valence-electron chi connectivity index (χ3n) is 4.89. The van der Waals surface area contributed by atoms with Gasteiger partial charge in [-0.25, -0.2) is 9.59 Å². The number of carbonyl (C=O) groups is 3. The van der Waals surface area contributed by atoms with Gasteiger partial charge in [-0.2, -0.15) is 0 Å². The molecule has 1 unspecified atom stereocenters. The molecule has 13 heteroatoms. The fourth-order valence-electron chi connectivity index (χ4n) is 3.22. The van der Waals surface area contributed by atoms with E-state index >= 15 is 0 Å². The topological polar surface area (TPSA) is 204 Å². The minimum Gasteiger partial charge on any atom is -0.477 e. The molecule has 0 aromatic heterocycles. The number of carboxylic acid groups (broad SMARTS) is 1. The lowest BCUT2D eigenvalue weighted by molar-refractivity contribution is -0.319. The molecule has 1 heterocycles. The van der Waals surface area contributed by atoms with Gasteiger partial charge < -0.3 is 50.4 Å². The second kappa shape index (κ2) is 13.0. The van der Waals surface area contributed by atoms with Crippen molar-refractivity contribution in [1.82, 2.24) is 10.6 Å². The summed E-state index contributed by atoms with van der Waals surface area (Å²) in [5.41, 5.74) is 0. The van der Waals surface area contributed by atoms with Gasteiger partial charge in [0, 0.05) is 6.42 Å². The Morgan fingerprint density at radius 1 is 1.18 bits per heavy atom. The molecule has 7 N–H and O–H groups in total. The normalized spacial score (nSPS) is 27.2. The summed E-state index contributed by atoms with van der Waals surface area (Å²) in [4.78, 5) is 35.9. The number of aliphatic carboxylic acids is 1. The minimum absolute atomic E-state index is 0.167. The van der Waals surface area contributed by atoms with Crippen molar-refractivity contribution in [2.45, 2.75) is 82.9 Å². The number of carbonyl (C=O) groups excluding carboxylic acids is 2. The van der Waals surface area contributed by atoms with Crippen molar-refractivity contribution in [2.75, 3.05) is 19.8 Å². The summed E-state index contributed by atoms with van der Waals surface area (Å²) >= 11 is 0. The van der Waals surface area contributed by atoms with Gasteiger partial charge in [-0.15, -0.1) is 0 Å². The average molecular weight is 481 g/mol. The molecule has 2 amide bonds. The van der Waals surface area contributed by atoms with Crippen LogP contribution in [0.5, 0.6) is 0 Å². The maximum atomic E-state index is 12.3. The smallest absolute Gasteiger partial charge is 0.407 e. The summed E-state index contributed by atoms with van der Waals surface area (Å²) in [5.74, 6) is -4.42. The van der Waals surface area contributed by atoms with Gasteiger partial charge in [-0.05, 0) is 26.2 Å². The molecule has 0 radical (unpaired) electrons. The van der Waals surface area contributed by atoms with Gasteiger partial charge in [0.25, 0.3) is 5.79 Å². The van der Waals surface area contributed by atoms with Crippen molar-refractivity contribution in [1.29, 1.82) is 0 Å². The zero-order chi connectivity index (χ0) is 25.3. The molecular formula is C20H36N2O11. The molecule has 6 atom stereocenters. The molecule has 1 saturated heterocycles. The number of aliphatic hydroxyl groups excluding tert-OH is 4. The molecule has 0 spiro atoms. The summed E-state index contributed by atoms with van der Waals surface area (Å²) in [6, 6.07) is -1.39. The van der Waals surface area contributed by atoms with Crippen LogP contribution in [0.25, 0.3) is 0 Å². The van der Waals surface area contributed by atoms with E-state index < -0.39 is 79.9 Å². The SMILES string of the molecule is CC(C)CCOC(=O)NCC(=O)N[C@H]1C([C@H](O)[C@H](O)CO)O[C@@](OC(C)C)(C(=O)O)C[C@H]1O. The van der Waals surface area contributed by atoms with Crippen LogP contribution in [0.4, 0.5) is 4.79 Å². The lowest BCUT2D eigenvalue weighted by Crippen LogP contribution is -2.68. The van der Waals surface area contributed by atoms with Crippen molar-refractivity contribution >= 4 is 18.0 Å². The number of aliphatic hydroxyl groups is 4. The van der Waals surface area contributed by atoms with E-state index in [0.29, 0.717) is 12.3 Å². The fourth-order valence-corrected chi connectivity index (χ4v) is 3.22. The van der Waals surface area contributed by atoms with Crippen LogP contribution in [0.2, 0.25) is 0 Å². The van der Waals surface area contributed by atoms with Gasteiger partial charge in [0.05, 0.1) is 31.5 Å². The van der Waals surface area contributed by atoms with Gasteiger partial charge in [0.1, 0.15) is 24.9 Å². The van der Waals surface area contributed by atoms with Crippen molar-refractivity contribution in [2.24, 2.45) is 5.92 Å². The second-order valence-corrected chi connectivity index (χ2v) is 8.58. The summed E-state index contributed by atoms with van der Waals surface area (Å²) in [7, 11) is 0. The molecule has 0 saturated carbocycles. The summed E-state index contributed by atoms with van der Waals surface area (Å²) in [6.07, 6.45) is -8.34. The van der Waals surface area contributed by atoms with Crippen LogP contribution in [0, 0.1) is 5.92 Å². The maximum absolute atomic E-state index is 12.3. The first-order chi connectivity index (χ1) is 15.3. The monoisotopic (exact) mass is 480 g/mol. The Morgan fingerprint density at radius 2 is 1.82 bits per heavy atom. The lowest BCUT2D eigenvalue weighted by atomic mass is 9.88. The van der Waals surface area contributed by atoms with Crippen LogP contribution in [-0.4, -0.2) is 106 Å². The van der Waals surface area contributed by atoms with Gasteiger partial charge >= 0.3 is 12.1 Å². The van der Waals surface area contributed by atoms with Gasteiger partial charge in [-0.3, -0.25) is 4.79 Å². The van der Waals surface area contributed by atoms with E-state index in [4.69, 9.17) is 14.2 Å². The van der Waals surface area contributed by atoms with E-state index in [2.05, 4.69) is 10.6 Å². The third-order valence-corrected chi connectivity index (χ3v) is 4.89. The number of nitrogens with one attached hydrogen (secondary N) is 2. The molecule has 0 bridgehead atoms. The van der Waals surface area contributed by atoms with E-state index in [9.17, 15) is 39.9 Å². The Bertz CT molecular complexity index is 660. The van der Waals surface area contributed by atoms with Crippen molar-refractivity contribution < 1.29 is 54.1 Å². The van der Waals surface area contributed by atoms with Gasteiger partial charge in [-0.1, -0.05) is 13.8 Å². The second-order valence-electron chi connectivity index (χ2n) is 8.58. The molecule has 0 aromatic rings. The number of amides is 2. The summed E-state index contributed by atoms with van der Waals surface area (Å²) in [6.45, 7) is 5.71. The molecule has 13 nitrogen and oxygen atoms in total. The third kappa shape index (κ3) is 8.68. The van der Waals surface area contributed by atoms with Crippen molar-refractivity contribution in [3.63, 3.8) is 0 Å². The standard InChI is InChI=1S/C20H36N2O11/c1-10(2)5-6-31-19(30)21-8-14(26)22-15-12(24)7-20(18(28)29,32-11(3)4)33-17(15)16(27)13(25)9-23/h10-13,15-17,23-25,27H,5-9H2,1-4H3,(H,21,30)(H,22,26)(H,28,29)/t12-,13-,15-,16-,17?,20-/m1/s1. The zero-order valence-electron chi connectivity index (χ0n) is 19.3. The van der Waals surface area contributed by atoms with Crippen LogP contribution in [0.3, 0.4) is 0 Å². The average Bonchev–Trinajstić information content (AvgIpc) is 2.72. The van der Waals surface area contributed by atoms with Crippen LogP contribution in [0.1, 0.15) is 40.5 Å². The Labute approximate surface area is 192 Å². The van der Waals surface area contributed by atoms with Crippen LogP contribution >= 0.6 is 0 Å². The molecule has 1 rings (SSSR count). The molecule has 1 aliphatic heterocycles. The Morgan fingerprint density at radius 3 is 2.33 bits per heavy atom. The molecule has 1 fully saturated rings. The Balaban J connectivity index is 2.93. The molecule has 192 valence electrons. The molecule has 33 heavy (non-hydrogen) atoms. The Hall–Kier alpha value is -2.03. The van der Waals surface area contributed by atoms with E-state index in [1.165, 1.54) is 13.8 Å². The van der Waals surface area contributed by atoms with E-state index in [1.54, 1.807) is 0 Å². The first kappa shape index (κ1) is 29.0. The predicted molar refractivity (Wildman–Crippen MR) is 112 cm³/mol. The predicted octanol–water partition coefficient (Wildman–Crippen LogP) is -1.69. The van der Waals surface area contributed by atoms with Gasteiger partial charge in [0.15, 0.2) is 0 Å². The minimum atomic E-state index is -2.37. The zero-order valence-corrected chi connectivity index (χ0v) is 19.3. The fraction of sp³-hybridized carbons (Fsp3) is 0.850. The van der Waals surface area contributed by atoms with Gasteiger partial charge in [0.2, 0.25) is 5.91 Å². The first-order valence-electron chi connectivity index (χ1n) is 10.8. The van der Waals surface area contributed by atoms with E-state index in [1.807, 2.05) is 13.8 Å². The largest absolute Gasteiger partial charge is 0.477 e. The van der Waals surface area contributed by atoms with Crippen LogP contribution in [0.15, 0.2) is 0 Å². The number of ether oxygens (including phenoxy) is 3. The highest BCUT2D eigenvalue weighted by atomic mass is 16.7. The summed E-state index contributed by atoms with van der Waals surface area (Å²) in [5, 5.41) is 54.3. The van der Waals surface area contributed by atoms with Crippen molar-refractivity contribution in [3.8, 4) is 0 Å². The van der Waals surface area contributed by atoms with Crippen LogP contribution in [-0.2, 0) is 23.8 Å². The highest BCUT2D eigenvalue weighted by molar-refractivity contribution is 5.82. The maximum Gasteiger partial charge on any atom is 0.407 e. The quantitative estimate of drug-likeness (QED) is 0.168. The van der Waals surface area contributed by atoms with E-state index in [-0.39, 0.29) is 6.61 Å².